The molecule has 92 valence electrons. The molecule has 2 aromatic heterocycles. The van der Waals surface area contributed by atoms with Gasteiger partial charge in [0.1, 0.15) is 11.4 Å². The lowest BCUT2D eigenvalue weighted by Gasteiger charge is -2.11. The van der Waals surface area contributed by atoms with Gasteiger partial charge in [-0.05, 0) is 25.5 Å². The Labute approximate surface area is 104 Å². The molecule has 0 amide bonds. The maximum Gasteiger partial charge on any atom is 0.227 e. The summed E-state index contributed by atoms with van der Waals surface area (Å²) in [6.45, 7) is 1.49. The maximum atomic E-state index is 5.70. The van der Waals surface area contributed by atoms with Gasteiger partial charge in [-0.15, -0.1) is 11.3 Å². The Morgan fingerprint density at radius 3 is 2.94 bits per heavy atom. The van der Waals surface area contributed by atoms with Gasteiger partial charge in [-0.3, -0.25) is 0 Å². The molecule has 1 N–H and O–H groups in total. The molecule has 0 atom stereocenters. The maximum absolute atomic E-state index is 5.70. The molecule has 6 heteroatoms. The van der Waals surface area contributed by atoms with Gasteiger partial charge in [-0.2, -0.15) is 4.98 Å². The molecule has 5 nitrogen and oxygen atoms in total. The Balaban J connectivity index is 2.21. The first kappa shape index (κ1) is 12.1. The fourth-order valence-electron chi connectivity index (χ4n) is 1.37. The van der Waals surface area contributed by atoms with Gasteiger partial charge in [0.25, 0.3) is 0 Å². The van der Waals surface area contributed by atoms with Crippen molar-refractivity contribution in [1.82, 2.24) is 14.9 Å². The molecule has 0 spiro atoms. The van der Waals surface area contributed by atoms with Crippen LogP contribution >= 0.6 is 11.3 Å². The molecule has 2 rings (SSSR count). The average molecular weight is 252 g/mol. The van der Waals surface area contributed by atoms with Gasteiger partial charge in [0, 0.05) is 13.6 Å². The zero-order chi connectivity index (χ0) is 12.3. The number of thiophene rings is 1. The van der Waals surface area contributed by atoms with E-state index in [1.54, 1.807) is 18.4 Å². The Morgan fingerprint density at radius 2 is 2.24 bits per heavy atom. The molecule has 0 bridgehead atoms. The average Bonchev–Trinajstić information content (AvgIpc) is 2.76. The number of nitrogens with one attached hydrogen (secondary N) is 1. The summed E-state index contributed by atoms with van der Waals surface area (Å²) in [5.41, 5.74) is 0. The van der Waals surface area contributed by atoms with Gasteiger partial charge < -0.3 is 15.0 Å². The number of fused-ring (bicyclic) bond motifs is 1. The molecule has 0 unspecified atom stereocenters. The summed E-state index contributed by atoms with van der Waals surface area (Å²) < 4.78 is 5.70. The summed E-state index contributed by atoms with van der Waals surface area (Å²) in [7, 11) is 5.84. The second kappa shape index (κ2) is 5.29. The Hall–Kier alpha value is -1.40. The van der Waals surface area contributed by atoms with Gasteiger partial charge in [-0.1, -0.05) is 0 Å². The molecule has 17 heavy (non-hydrogen) atoms. The van der Waals surface area contributed by atoms with Crippen LogP contribution in [0, 0.1) is 0 Å². The summed E-state index contributed by atoms with van der Waals surface area (Å²) in [6, 6.07) is 1.99. The van der Waals surface area contributed by atoms with Crippen LogP contribution in [0.1, 0.15) is 0 Å². The Kier molecular flexibility index (Phi) is 3.75. The number of anilines is 1. The van der Waals surface area contributed by atoms with Gasteiger partial charge in [0.15, 0.2) is 0 Å². The minimum absolute atomic E-state index is 0.597. The van der Waals surface area contributed by atoms with Crippen molar-refractivity contribution in [2.24, 2.45) is 0 Å². The van der Waals surface area contributed by atoms with E-state index in [-0.39, 0.29) is 0 Å². The number of aromatic nitrogens is 2. The van der Waals surface area contributed by atoms with Crippen LogP contribution < -0.4 is 10.1 Å². The predicted octanol–water partition coefficient (Wildman–Crippen LogP) is 1.67. The molecule has 0 aliphatic heterocycles. The molecule has 0 radical (unpaired) electrons. The molecule has 0 aliphatic rings. The highest BCUT2D eigenvalue weighted by Crippen LogP contribution is 2.27. The van der Waals surface area contributed by atoms with E-state index in [0.717, 1.165) is 16.8 Å². The highest BCUT2D eigenvalue weighted by atomic mass is 32.1. The third-order valence-corrected chi connectivity index (χ3v) is 3.10. The second-order valence-corrected chi connectivity index (χ2v) is 4.79. The van der Waals surface area contributed by atoms with Crippen molar-refractivity contribution in [2.75, 3.05) is 39.6 Å². The number of likely N-dealkylation sites (N-methyl/N-ethyl adjacent to an activating group) is 1. The molecule has 0 aromatic carbocycles. The second-order valence-electron chi connectivity index (χ2n) is 3.89. The van der Waals surface area contributed by atoms with E-state index in [1.807, 2.05) is 25.5 Å². The van der Waals surface area contributed by atoms with E-state index in [9.17, 15) is 0 Å². The molecule has 0 fully saturated rings. The van der Waals surface area contributed by atoms with E-state index in [1.165, 1.54) is 0 Å². The number of hydrogen-bond donors (Lipinski definition) is 1. The van der Waals surface area contributed by atoms with Crippen LogP contribution in [0.4, 0.5) is 5.95 Å². The fourth-order valence-corrected chi connectivity index (χ4v) is 2.13. The minimum atomic E-state index is 0.597. The SMILES string of the molecule is CNc1nc(OCCN(C)C)c2ccsc2n1. The number of ether oxygens (including phenoxy) is 1. The Morgan fingerprint density at radius 1 is 1.41 bits per heavy atom. The van der Waals surface area contributed by atoms with Gasteiger partial charge >= 0.3 is 0 Å². The standard InChI is InChI=1S/C11H16N4OS/c1-12-11-13-9(16-6-5-15(2)3)8-4-7-17-10(8)14-11/h4,7H,5-6H2,1-3H3,(H,12,13,14). The zero-order valence-electron chi connectivity index (χ0n) is 10.2. The molecule has 2 heterocycles. The molecule has 0 saturated carbocycles. The van der Waals surface area contributed by atoms with Crippen molar-refractivity contribution in [3.05, 3.63) is 11.4 Å². The smallest absolute Gasteiger partial charge is 0.227 e. The summed E-state index contributed by atoms with van der Waals surface area (Å²) >= 11 is 1.59. The van der Waals surface area contributed by atoms with Crippen LogP contribution in [-0.2, 0) is 0 Å². The van der Waals surface area contributed by atoms with E-state index in [2.05, 4.69) is 20.2 Å². The normalized spacial score (nSPS) is 11.1. The van der Waals surface area contributed by atoms with Gasteiger partial charge in [0.2, 0.25) is 11.8 Å². The highest BCUT2D eigenvalue weighted by molar-refractivity contribution is 7.16. The molecule has 0 saturated heterocycles. The lowest BCUT2D eigenvalue weighted by atomic mass is 10.4. The number of rotatable bonds is 5. The van der Waals surface area contributed by atoms with Crippen molar-refractivity contribution in [2.45, 2.75) is 0 Å². The van der Waals surface area contributed by atoms with Crippen LogP contribution in [0.5, 0.6) is 5.88 Å². The quantitative estimate of drug-likeness (QED) is 0.877. The van der Waals surface area contributed by atoms with Crippen LogP contribution in [0.2, 0.25) is 0 Å². The highest BCUT2D eigenvalue weighted by Gasteiger charge is 2.09. The fraction of sp³-hybridized carbons (Fsp3) is 0.455. The summed E-state index contributed by atoms with van der Waals surface area (Å²) in [6.07, 6.45) is 0. The lowest BCUT2D eigenvalue weighted by Crippen LogP contribution is -2.19. The van der Waals surface area contributed by atoms with Gasteiger partial charge in [-0.25, -0.2) is 4.98 Å². The molecular formula is C11H16N4OS. The van der Waals surface area contributed by atoms with Crippen molar-refractivity contribution < 1.29 is 4.74 Å². The van der Waals surface area contributed by atoms with Crippen LogP contribution in [0.15, 0.2) is 11.4 Å². The van der Waals surface area contributed by atoms with Gasteiger partial charge in [0.05, 0.1) is 5.39 Å². The first-order valence-electron chi connectivity index (χ1n) is 5.41. The number of nitrogens with zero attached hydrogens (tertiary/aromatic N) is 3. The summed E-state index contributed by atoms with van der Waals surface area (Å²) in [5.74, 6) is 1.25. The van der Waals surface area contributed by atoms with Crippen LogP contribution in [0.25, 0.3) is 10.2 Å². The largest absolute Gasteiger partial charge is 0.476 e. The van der Waals surface area contributed by atoms with Crippen molar-refractivity contribution in [1.29, 1.82) is 0 Å². The first-order chi connectivity index (χ1) is 8.20. The number of hydrogen-bond acceptors (Lipinski definition) is 6. The zero-order valence-corrected chi connectivity index (χ0v) is 11.0. The summed E-state index contributed by atoms with van der Waals surface area (Å²) in [5, 5.41) is 5.92. The van der Waals surface area contributed by atoms with Crippen LogP contribution in [-0.4, -0.2) is 49.2 Å². The molecular weight excluding hydrogens is 236 g/mol. The van der Waals surface area contributed by atoms with E-state index < -0.39 is 0 Å². The predicted molar refractivity (Wildman–Crippen MR) is 71.0 cm³/mol. The molecule has 0 aliphatic carbocycles. The summed E-state index contributed by atoms with van der Waals surface area (Å²) in [4.78, 5) is 11.7. The first-order valence-corrected chi connectivity index (χ1v) is 6.29. The monoisotopic (exact) mass is 252 g/mol. The van der Waals surface area contributed by atoms with Crippen molar-refractivity contribution >= 4 is 27.5 Å². The minimum Gasteiger partial charge on any atom is -0.476 e. The Bertz CT molecular complexity index is 497. The van der Waals surface area contributed by atoms with E-state index >= 15 is 0 Å². The van der Waals surface area contributed by atoms with E-state index in [4.69, 9.17) is 4.74 Å². The lowest BCUT2D eigenvalue weighted by molar-refractivity contribution is 0.256. The van der Waals surface area contributed by atoms with Crippen molar-refractivity contribution in [3.63, 3.8) is 0 Å². The van der Waals surface area contributed by atoms with E-state index in [0.29, 0.717) is 18.4 Å². The topological polar surface area (TPSA) is 50.3 Å². The van der Waals surface area contributed by atoms with Crippen LogP contribution in [0.3, 0.4) is 0 Å². The third-order valence-electron chi connectivity index (χ3n) is 2.29. The molecule has 2 aromatic rings. The third kappa shape index (κ3) is 2.83. The van der Waals surface area contributed by atoms with Crippen molar-refractivity contribution in [3.8, 4) is 5.88 Å².